The van der Waals surface area contributed by atoms with E-state index in [1.807, 2.05) is 0 Å². The number of hydrazine groups is 1. The lowest BCUT2D eigenvalue weighted by Gasteiger charge is -2.17. The molecule has 0 aliphatic carbocycles. The van der Waals surface area contributed by atoms with Gasteiger partial charge in [0.15, 0.2) is 0 Å². The highest BCUT2D eigenvalue weighted by Gasteiger charge is 2.10. The standard InChI is InChI=1S/C16H19IN2/c1-2-12-6-8-13(9-7-12)10-16(19-18)14-4-3-5-15(17)11-14/h3-9,11,16,19H,2,10,18H2,1H3. The van der Waals surface area contributed by atoms with E-state index in [0.717, 1.165) is 12.8 Å². The van der Waals surface area contributed by atoms with E-state index in [9.17, 15) is 0 Å². The van der Waals surface area contributed by atoms with Gasteiger partial charge in [0.25, 0.3) is 0 Å². The Morgan fingerprint density at radius 3 is 2.37 bits per heavy atom. The van der Waals surface area contributed by atoms with Crippen molar-refractivity contribution < 1.29 is 0 Å². The average molecular weight is 366 g/mol. The molecule has 0 aliphatic heterocycles. The highest BCUT2D eigenvalue weighted by atomic mass is 127. The third-order valence-electron chi connectivity index (χ3n) is 3.32. The first-order chi connectivity index (χ1) is 9.22. The molecule has 0 aromatic heterocycles. The minimum Gasteiger partial charge on any atom is -0.271 e. The van der Waals surface area contributed by atoms with Crippen molar-refractivity contribution in [2.75, 3.05) is 0 Å². The predicted octanol–water partition coefficient (Wildman–Crippen LogP) is 3.60. The van der Waals surface area contributed by atoms with Gasteiger partial charge in [-0.15, -0.1) is 0 Å². The fourth-order valence-electron chi connectivity index (χ4n) is 2.14. The van der Waals surface area contributed by atoms with Crippen LogP contribution >= 0.6 is 22.6 Å². The Morgan fingerprint density at radius 2 is 1.79 bits per heavy atom. The van der Waals surface area contributed by atoms with Crippen molar-refractivity contribution >= 4 is 22.6 Å². The number of benzene rings is 2. The Labute approximate surface area is 128 Å². The van der Waals surface area contributed by atoms with E-state index in [2.05, 4.69) is 83.5 Å². The number of nitrogens with two attached hydrogens (primary N) is 1. The van der Waals surface area contributed by atoms with Crippen molar-refractivity contribution in [2.24, 2.45) is 5.84 Å². The quantitative estimate of drug-likeness (QED) is 0.482. The molecule has 1 atom stereocenters. The molecule has 2 aromatic rings. The summed E-state index contributed by atoms with van der Waals surface area (Å²) in [4.78, 5) is 0. The molecule has 1 unspecified atom stereocenters. The van der Waals surface area contributed by atoms with Crippen LogP contribution in [0.5, 0.6) is 0 Å². The highest BCUT2D eigenvalue weighted by Crippen LogP contribution is 2.20. The predicted molar refractivity (Wildman–Crippen MR) is 88.7 cm³/mol. The van der Waals surface area contributed by atoms with Gasteiger partial charge in [0, 0.05) is 3.57 Å². The van der Waals surface area contributed by atoms with E-state index >= 15 is 0 Å². The maximum absolute atomic E-state index is 5.71. The van der Waals surface area contributed by atoms with E-state index < -0.39 is 0 Å². The molecule has 0 saturated heterocycles. The molecule has 0 saturated carbocycles. The first kappa shape index (κ1) is 14.5. The van der Waals surface area contributed by atoms with Crippen LogP contribution in [0.2, 0.25) is 0 Å². The lowest BCUT2D eigenvalue weighted by molar-refractivity contribution is 0.551. The maximum atomic E-state index is 5.71. The van der Waals surface area contributed by atoms with Crippen molar-refractivity contribution in [2.45, 2.75) is 25.8 Å². The largest absolute Gasteiger partial charge is 0.271 e. The van der Waals surface area contributed by atoms with Gasteiger partial charge in [0.2, 0.25) is 0 Å². The van der Waals surface area contributed by atoms with E-state index in [4.69, 9.17) is 5.84 Å². The van der Waals surface area contributed by atoms with Gasteiger partial charge >= 0.3 is 0 Å². The van der Waals surface area contributed by atoms with E-state index in [0.29, 0.717) is 0 Å². The molecule has 0 heterocycles. The van der Waals surface area contributed by atoms with Crippen molar-refractivity contribution in [1.29, 1.82) is 0 Å². The first-order valence-electron chi connectivity index (χ1n) is 6.52. The Kier molecular flexibility index (Phi) is 5.36. The zero-order chi connectivity index (χ0) is 13.7. The molecule has 0 bridgehead atoms. The number of hydrogen-bond donors (Lipinski definition) is 2. The fraction of sp³-hybridized carbons (Fsp3) is 0.250. The zero-order valence-electron chi connectivity index (χ0n) is 11.1. The van der Waals surface area contributed by atoms with E-state index in [1.165, 1.54) is 20.3 Å². The number of hydrogen-bond acceptors (Lipinski definition) is 2. The minimum atomic E-state index is 0.155. The molecule has 0 fully saturated rings. The molecule has 2 aromatic carbocycles. The molecule has 3 N–H and O–H groups in total. The number of halogens is 1. The molecular formula is C16H19IN2. The van der Waals surface area contributed by atoms with E-state index in [-0.39, 0.29) is 6.04 Å². The van der Waals surface area contributed by atoms with Crippen LogP contribution < -0.4 is 11.3 Å². The van der Waals surface area contributed by atoms with Crippen molar-refractivity contribution in [3.05, 3.63) is 68.8 Å². The molecule has 0 aliphatic rings. The minimum absolute atomic E-state index is 0.155. The Morgan fingerprint density at radius 1 is 1.11 bits per heavy atom. The van der Waals surface area contributed by atoms with Crippen molar-refractivity contribution in [3.8, 4) is 0 Å². The summed E-state index contributed by atoms with van der Waals surface area (Å²) in [6.45, 7) is 2.17. The van der Waals surface area contributed by atoms with Crippen LogP contribution in [0.1, 0.15) is 29.7 Å². The number of rotatable bonds is 5. The summed E-state index contributed by atoms with van der Waals surface area (Å²) in [5.41, 5.74) is 6.83. The molecule has 3 heteroatoms. The van der Waals surface area contributed by atoms with Gasteiger partial charge in [0.05, 0.1) is 6.04 Å². The van der Waals surface area contributed by atoms with Crippen molar-refractivity contribution in [3.63, 3.8) is 0 Å². The van der Waals surface area contributed by atoms with Gasteiger partial charge in [-0.3, -0.25) is 11.3 Å². The van der Waals surface area contributed by atoms with Crippen LogP contribution in [0.25, 0.3) is 0 Å². The average Bonchev–Trinajstić information content (AvgIpc) is 2.45. The SMILES string of the molecule is CCc1ccc(CC(NN)c2cccc(I)c2)cc1. The monoisotopic (exact) mass is 366 g/mol. The van der Waals surface area contributed by atoms with Crippen LogP contribution in [0.15, 0.2) is 48.5 Å². The Hall–Kier alpha value is -0.910. The van der Waals surface area contributed by atoms with Gasteiger partial charge in [-0.1, -0.05) is 43.3 Å². The van der Waals surface area contributed by atoms with Gasteiger partial charge in [0.1, 0.15) is 0 Å². The lowest BCUT2D eigenvalue weighted by atomic mass is 9.98. The second-order valence-corrected chi connectivity index (χ2v) is 5.89. The molecule has 0 spiro atoms. The van der Waals surface area contributed by atoms with Gasteiger partial charge in [-0.05, 0) is 64.3 Å². The third kappa shape index (κ3) is 4.03. The first-order valence-corrected chi connectivity index (χ1v) is 7.60. The highest BCUT2D eigenvalue weighted by molar-refractivity contribution is 14.1. The summed E-state index contributed by atoms with van der Waals surface area (Å²) in [6, 6.07) is 17.4. The molecule has 0 amide bonds. The van der Waals surface area contributed by atoms with Crippen LogP contribution in [0.3, 0.4) is 0 Å². The Balaban J connectivity index is 2.14. The second kappa shape index (κ2) is 7.03. The van der Waals surface area contributed by atoms with E-state index in [1.54, 1.807) is 0 Å². The van der Waals surface area contributed by atoms with Crippen LogP contribution in [0.4, 0.5) is 0 Å². The molecule has 2 nitrogen and oxygen atoms in total. The van der Waals surface area contributed by atoms with Gasteiger partial charge < -0.3 is 0 Å². The smallest absolute Gasteiger partial charge is 0.0500 e. The van der Waals surface area contributed by atoms with Crippen LogP contribution in [-0.4, -0.2) is 0 Å². The summed E-state index contributed by atoms with van der Waals surface area (Å²) >= 11 is 2.33. The second-order valence-electron chi connectivity index (χ2n) is 4.65. The number of aryl methyl sites for hydroxylation is 1. The normalized spacial score (nSPS) is 12.4. The Bertz CT molecular complexity index is 523. The number of nitrogens with one attached hydrogen (secondary N) is 1. The fourth-order valence-corrected chi connectivity index (χ4v) is 2.71. The summed E-state index contributed by atoms with van der Waals surface area (Å²) in [5, 5.41) is 0. The molecular weight excluding hydrogens is 347 g/mol. The summed E-state index contributed by atoms with van der Waals surface area (Å²) in [6.07, 6.45) is 1.98. The van der Waals surface area contributed by atoms with Gasteiger partial charge in [-0.2, -0.15) is 0 Å². The topological polar surface area (TPSA) is 38.0 Å². The van der Waals surface area contributed by atoms with Crippen LogP contribution in [0, 0.1) is 3.57 Å². The molecule has 19 heavy (non-hydrogen) atoms. The molecule has 100 valence electrons. The molecule has 0 radical (unpaired) electrons. The zero-order valence-corrected chi connectivity index (χ0v) is 13.2. The third-order valence-corrected chi connectivity index (χ3v) is 3.99. The summed E-state index contributed by atoms with van der Waals surface area (Å²) in [7, 11) is 0. The van der Waals surface area contributed by atoms with Crippen molar-refractivity contribution in [1.82, 2.24) is 5.43 Å². The maximum Gasteiger partial charge on any atom is 0.0500 e. The summed E-state index contributed by atoms with van der Waals surface area (Å²) < 4.78 is 1.23. The van der Waals surface area contributed by atoms with Crippen LogP contribution in [-0.2, 0) is 12.8 Å². The summed E-state index contributed by atoms with van der Waals surface area (Å²) in [5.74, 6) is 5.71. The molecule has 2 rings (SSSR count). The van der Waals surface area contributed by atoms with Gasteiger partial charge in [-0.25, -0.2) is 0 Å². The lowest BCUT2D eigenvalue weighted by Crippen LogP contribution is -2.29.